The zero-order valence-electron chi connectivity index (χ0n) is 11.7. The lowest BCUT2D eigenvalue weighted by molar-refractivity contribution is 0.163. The summed E-state index contributed by atoms with van der Waals surface area (Å²) >= 11 is 2.12. The van der Waals surface area contributed by atoms with E-state index in [1.807, 2.05) is 0 Å². The lowest BCUT2D eigenvalue weighted by Crippen LogP contribution is -2.41. The van der Waals surface area contributed by atoms with Crippen LogP contribution < -0.4 is 0 Å². The van der Waals surface area contributed by atoms with Crippen molar-refractivity contribution in [3.05, 3.63) is 30.1 Å². The molecule has 0 radical (unpaired) electrons. The van der Waals surface area contributed by atoms with Gasteiger partial charge >= 0.3 is 0 Å². The molecular weight excluding hydrogens is 266 g/mol. The van der Waals surface area contributed by atoms with Crippen molar-refractivity contribution in [2.24, 2.45) is 0 Å². The van der Waals surface area contributed by atoms with Crippen molar-refractivity contribution in [1.29, 1.82) is 0 Å². The zero-order chi connectivity index (χ0) is 13.4. The van der Waals surface area contributed by atoms with E-state index in [1.54, 1.807) is 0 Å². The number of nitrogens with zero attached hydrogens (tertiary/aromatic N) is 2. The van der Waals surface area contributed by atoms with Crippen LogP contribution in [0.25, 0.3) is 11.0 Å². The third-order valence-corrected chi connectivity index (χ3v) is 5.89. The molecule has 1 aromatic heterocycles. The van der Waals surface area contributed by atoms with E-state index in [1.165, 1.54) is 55.2 Å². The maximum Gasteiger partial charge on any atom is 0.110 e. The predicted molar refractivity (Wildman–Crippen MR) is 85.4 cm³/mol. The van der Waals surface area contributed by atoms with Crippen molar-refractivity contribution in [1.82, 2.24) is 14.9 Å². The first-order valence-corrected chi connectivity index (χ1v) is 8.82. The van der Waals surface area contributed by atoms with Crippen LogP contribution in [0.5, 0.6) is 0 Å². The fraction of sp³-hybridized carbons (Fsp3) is 0.562. The Morgan fingerprint density at radius 1 is 1.15 bits per heavy atom. The summed E-state index contributed by atoms with van der Waals surface area (Å²) in [5.41, 5.74) is 2.29. The molecule has 0 bridgehead atoms. The monoisotopic (exact) mass is 287 g/mol. The van der Waals surface area contributed by atoms with Gasteiger partial charge in [-0.05, 0) is 50.2 Å². The second-order valence-corrected chi connectivity index (χ2v) is 7.12. The fourth-order valence-corrected chi connectivity index (χ4v) is 4.77. The minimum absolute atomic E-state index is 0.618. The number of fused-ring (bicyclic) bond motifs is 1. The normalized spacial score (nSPS) is 25.5. The number of thioether (sulfide) groups is 1. The molecule has 106 valence electrons. The summed E-state index contributed by atoms with van der Waals surface area (Å²) < 4.78 is 0. The molecule has 3 nitrogen and oxygen atoms in total. The Bertz CT molecular complexity index is 547. The van der Waals surface area contributed by atoms with Crippen LogP contribution in [0, 0.1) is 0 Å². The molecular formula is C16H21N3S. The third kappa shape index (κ3) is 2.35. The molecule has 1 atom stereocenters. The van der Waals surface area contributed by atoms with Crippen molar-refractivity contribution < 1.29 is 0 Å². The molecule has 0 amide bonds. The van der Waals surface area contributed by atoms with Gasteiger partial charge in [0.05, 0.1) is 11.0 Å². The van der Waals surface area contributed by atoms with Crippen molar-refractivity contribution >= 4 is 22.8 Å². The van der Waals surface area contributed by atoms with E-state index < -0.39 is 0 Å². The lowest BCUT2D eigenvalue weighted by Gasteiger charge is -2.35. The van der Waals surface area contributed by atoms with Gasteiger partial charge in [0.15, 0.2) is 0 Å². The van der Waals surface area contributed by atoms with Crippen LogP contribution >= 0.6 is 11.8 Å². The average Bonchev–Trinajstić information content (AvgIpc) is 3.17. The molecule has 0 saturated carbocycles. The van der Waals surface area contributed by atoms with Gasteiger partial charge in [-0.2, -0.15) is 11.8 Å². The van der Waals surface area contributed by atoms with Gasteiger partial charge in [0, 0.05) is 17.7 Å². The van der Waals surface area contributed by atoms with E-state index in [0.29, 0.717) is 5.92 Å². The van der Waals surface area contributed by atoms with Gasteiger partial charge in [-0.3, -0.25) is 4.90 Å². The number of hydrogen-bond acceptors (Lipinski definition) is 3. The van der Waals surface area contributed by atoms with Crippen LogP contribution in [-0.4, -0.2) is 45.5 Å². The molecule has 0 aliphatic carbocycles. The van der Waals surface area contributed by atoms with Crippen LogP contribution in [-0.2, 0) is 0 Å². The Kier molecular flexibility index (Phi) is 3.44. The van der Waals surface area contributed by atoms with Gasteiger partial charge in [0.1, 0.15) is 5.82 Å². The molecule has 20 heavy (non-hydrogen) atoms. The van der Waals surface area contributed by atoms with E-state index >= 15 is 0 Å². The number of imidazole rings is 1. The number of aromatic nitrogens is 2. The Hall–Kier alpha value is -1.00. The van der Waals surface area contributed by atoms with Crippen molar-refractivity contribution in [3.8, 4) is 0 Å². The van der Waals surface area contributed by atoms with Crippen molar-refractivity contribution in [3.63, 3.8) is 0 Å². The van der Waals surface area contributed by atoms with E-state index in [0.717, 1.165) is 11.6 Å². The SMILES string of the molecule is c1ccc2[nH]c(C3CCN(C4CCSC4)CC3)nc2c1. The maximum absolute atomic E-state index is 4.78. The van der Waals surface area contributed by atoms with Gasteiger partial charge in [0.2, 0.25) is 0 Å². The molecule has 4 heteroatoms. The minimum atomic E-state index is 0.618. The first-order valence-electron chi connectivity index (χ1n) is 7.66. The number of nitrogens with one attached hydrogen (secondary N) is 1. The summed E-state index contributed by atoms with van der Waals surface area (Å²) in [4.78, 5) is 11.0. The topological polar surface area (TPSA) is 31.9 Å². The summed E-state index contributed by atoms with van der Waals surface area (Å²) in [5.74, 6) is 4.52. The Morgan fingerprint density at radius 3 is 2.75 bits per heavy atom. The largest absolute Gasteiger partial charge is 0.342 e. The number of piperidine rings is 1. The molecule has 2 aliphatic heterocycles. The highest BCUT2D eigenvalue weighted by atomic mass is 32.2. The van der Waals surface area contributed by atoms with E-state index in [4.69, 9.17) is 4.98 Å². The first kappa shape index (κ1) is 12.7. The van der Waals surface area contributed by atoms with Crippen LogP contribution in [0.2, 0.25) is 0 Å². The van der Waals surface area contributed by atoms with Crippen LogP contribution in [0.4, 0.5) is 0 Å². The minimum Gasteiger partial charge on any atom is -0.342 e. The van der Waals surface area contributed by atoms with E-state index in [-0.39, 0.29) is 0 Å². The van der Waals surface area contributed by atoms with Crippen LogP contribution in [0.3, 0.4) is 0 Å². The van der Waals surface area contributed by atoms with E-state index in [2.05, 4.69) is 45.9 Å². The van der Waals surface area contributed by atoms with Crippen LogP contribution in [0.1, 0.15) is 31.0 Å². The number of para-hydroxylation sites is 2. The smallest absolute Gasteiger partial charge is 0.110 e. The van der Waals surface area contributed by atoms with Crippen LogP contribution in [0.15, 0.2) is 24.3 Å². The molecule has 1 N–H and O–H groups in total. The Morgan fingerprint density at radius 2 is 2.00 bits per heavy atom. The Balaban J connectivity index is 1.45. The number of H-pyrrole nitrogens is 1. The summed E-state index contributed by atoms with van der Waals surface area (Å²) in [7, 11) is 0. The van der Waals surface area contributed by atoms with Gasteiger partial charge in [-0.15, -0.1) is 0 Å². The summed E-state index contributed by atoms with van der Waals surface area (Å²) in [6, 6.07) is 9.20. The van der Waals surface area contributed by atoms with Gasteiger partial charge in [-0.25, -0.2) is 4.98 Å². The number of aromatic amines is 1. The zero-order valence-corrected chi connectivity index (χ0v) is 12.5. The third-order valence-electron chi connectivity index (χ3n) is 4.75. The number of rotatable bonds is 2. The van der Waals surface area contributed by atoms with E-state index in [9.17, 15) is 0 Å². The molecule has 2 fully saturated rings. The first-order chi connectivity index (χ1) is 9.90. The molecule has 2 aliphatic rings. The van der Waals surface area contributed by atoms with Gasteiger partial charge < -0.3 is 4.98 Å². The molecule has 4 rings (SSSR count). The van der Waals surface area contributed by atoms with Gasteiger partial charge in [0.25, 0.3) is 0 Å². The highest BCUT2D eigenvalue weighted by Crippen LogP contribution is 2.31. The summed E-state index contributed by atoms with van der Waals surface area (Å²) in [6.07, 6.45) is 3.89. The Labute approximate surface area is 124 Å². The average molecular weight is 287 g/mol. The number of likely N-dealkylation sites (tertiary alicyclic amines) is 1. The standard InChI is InChI=1S/C16H21N3S/c1-2-4-15-14(3-1)17-16(18-15)12-5-8-19(9-6-12)13-7-10-20-11-13/h1-4,12-13H,5-11H2,(H,17,18). The highest BCUT2D eigenvalue weighted by Gasteiger charge is 2.29. The summed E-state index contributed by atoms with van der Waals surface area (Å²) in [5, 5.41) is 0. The molecule has 3 heterocycles. The molecule has 2 aromatic rings. The molecule has 1 unspecified atom stereocenters. The predicted octanol–water partition coefficient (Wildman–Crippen LogP) is 3.25. The maximum atomic E-state index is 4.78. The quantitative estimate of drug-likeness (QED) is 0.920. The van der Waals surface area contributed by atoms with Crippen molar-refractivity contribution in [2.45, 2.75) is 31.2 Å². The number of hydrogen-bond donors (Lipinski definition) is 1. The van der Waals surface area contributed by atoms with Gasteiger partial charge in [-0.1, -0.05) is 12.1 Å². The second kappa shape index (κ2) is 5.41. The lowest BCUT2D eigenvalue weighted by atomic mass is 9.95. The van der Waals surface area contributed by atoms with Crippen molar-refractivity contribution in [2.75, 3.05) is 24.6 Å². The summed E-state index contributed by atoms with van der Waals surface area (Å²) in [6.45, 7) is 2.49. The molecule has 2 saturated heterocycles. The molecule has 1 aromatic carbocycles. The number of benzene rings is 1. The molecule has 0 spiro atoms. The second-order valence-electron chi connectivity index (χ2n) is 5.97. The fourth-order valence-electron chi connectivity index (χ4n) is 3.51. The highest BCUT2D eigenvalue weighted by molar-refractivity contribution is 7.99.